The summed E-state index contributed by atoms with van der Waals surface area (Å²) in [5.41, 5.74) is 0.985. The van der Waals surface area contributed by atoms with E-state index in [1.54, 1.807) is 4.68 Å². The highest BCUT2D eigenvalue weighted by atomic mass is 32.1. The molecular weight excluding hydrogens is 302 g/mol. The Morgan fingerprint density at radius 2 is 2.09 bits per heavy atom. The summed E-state index contributed by atoms with van der Waals surface area (Å²) in [5.74, 6) is 0.728. The van der Waals surface area contributed by atoms with Crippen molar-refractivity contribution in [3.63, 3.8) is 0 Å². The third-order valence-electron chi connectivity index (χ3n) is 4.16. The molecule has 2 bridgehead atoms. The standard InChI is InChI=1S/C15H15N3O3S/c1-17-13(9-5-3-2-4-6-9)16-18(15(17)22)10-7-11(19)14-20-8-12(10)21-14/h2-6,10,12,14H,7-8H2,1H3/t10-,12-,14+/m1/s1. The number of benzene rings is 1. The van der Waals surface area contributed by atoms with Crippen LogP contribution in [0, 0.1) is 4.77 Å². The Morgan fingerprint density at radius 1 is 1.32 bits per heavy atom. The normalized spacial score (nSPS) is 27.3. The summed E-state index contributed by atoms with van der Waals surface area (Å²) in [7, 11) is 1.88. The Hall–Kier alpha value is -1.83. The van der Waals surface area contributed by atoms with E-state index in [2.05, 4.69) is 5.10 Å². The number of aromatic nitrogens is 3. The van der Waals surface area contributed by atoms with E-state index >= 15 is 0 Å². The lowest BCUT2D eigenvalue weighted by atomic mass is 10.0. The molecule has 114 valence electrons. The van der Waals surface area contributed by atoms with Gasteiger partial charge in [-0.1, -0.05) is 30.3 Å². The van der Waals surface area contributed by atoms with Crippen LogP contribution < -0.4 is 0 Å². The van der Waals surface area contributed by atoms with Gasteiger partial charge >= 0.3 is 0 Å². The Kier molecular flexibility index (Phi) is 3.21. The van der Waals surface area contributed by atoms with Crippen molar-refractivity contribution in [2.24, 2.45) is 7.05 Å². The van der Waals surface area contributed by atoms with Crippen molar-refractivity contribution >= 4 is 18.0 Å². The van der Waals surface area contributed by atoms with Crippen LogP contribution in [0.4, 0.5) is 0 Å². The Labute approximate surface area is 132 Å². The average molecular weight is 317 g/mol. The van der Waals surface area contributed by atoms with Gasteiger partial charge in [0.25, 0.3) is 0 Å². The Balaban J connectivity index is 1.77. The third-order valence-corrected chi connectivity index (χ3v) is 4.62. The van der Waals surface area contributed by atoms with Gasteiger partial charge in [-0.15, -0.1) is 0 Å². The van der Waals surface area contributed by atoms with Gasteiger partial charge in [-0.25, -0.2) is 4.68 Å². The van der Waals surface area contributed by atoms with Crippen LogP contribution in [0.25, 0.3) is 11.4 Å². The molecule has 0 spiro atoms. The summed E-state index contributed by atoms with van der Waals surface area (Å²) in [6, 6.07) is 9.64. The summed E-state index contributed by atoms with van der Waals surface area (Å²) >= 11 is 5.50. The second-order valence-corrected chi connectivity index (χ2v) is 5.92. The minimum Gasteiger partial charge on any atom is -0.343 e. The monoisotopic (exact) mass is 317 g/mol. The molecule has 0 N–H and O–H groups in total. The van der Waals surface area contributed by atoms with Crippen molar-refractivity contribution in [3.05, 3.63) is 35.1 Å². The van der Waals surface area contributed by atoms with Crippen LogP contribution in [0.2, 0.25) is 0 Å². The third kappa shape index (κ3) is 2.05. The van der Waals surface area contributed by atoms with Crippen LogP contribution in [0.1, 0.15) is 12.5 Å². The first-order valence-electron chi connectivity index (χ1n) is 7.16. The molecule has 2 aromatic rings. The number of carbonyl (C=O) groups excluding carboxylic acids is 1. The van der Waals surface area contributed by atoms with Crippen LogP contribution in [-0.4, -0.2) is 39.1 Å². The van der Waals surface area contributed by atoms with E-state index in [4.69, 9.17) is 21.7 Å². The molecule has 1 aromatic heterocycles. The fourth-order valence-corrected chi connectivity index (χ4v) is 3.24. The number of rotatable bonds is 2. The minimum absolute atomic E-state index is 0.0486. The van der Waals surface area contributed by atoms with Gasteiger partial charge in [0, 0.05) is 19.0 Å². The fourth-order valence-electron chi connectivity index (χ4n) is 2.98. The lowest BCUT2D eigenvalue weighted by Crippen LogP contribution is -2.37. The van der Waals surface area contributed by atoms with Gasteiger partial charge < -0.3 is 14.0 Å². The average Bonchev–Trinajstić information content (AvgIpc) is 3.09. The number of hydrogen-bond donors (Lipinski definition) is 0. The van der Waals surface area contributed by atoms with Gasteiger partial charge in [-0.05, 0) is 12.2 Å². The molecule has 2 aliphatic rings. The van der Waals surface area contributed by atoms with Crippen LogP contribution in [0.5, 0.6) is 0 Å². The molecule has 2 saturated heterocycles. The van der Waals surface area contributed by atoms with Crippen LogP contribution >= 0.6 is 12.2 Å². The minimum atomic E-state index is -0.701. The van der Waals surface area contributed by atoms with Crippen LogP contribution in [0.3, 0.4) is 0 Å². The zero-order valence-electron chi connectivity index (χ0n) is 12.0. The molecule has 0 aliphatic carbocycles. The lowest BCUT2D eigenvalue weighted by Gasteiger charge is -2.26. The highest BCUT2D eigenvalue weighted by Gasteiger charge is 2.45. The largest absolute Gasteiger partial charge is 0.343 e. The fraction of sp³-hybridized carbons (Fsp3) is 0.400. The molecular formula is C15H15N3O3S. The summed E-state index contributed by atoms with van der Waals surface area (Å²) in [4.78, 5) is 12.0. The number of carbonyl (C=O) groups is 1. The zero-order valence-corrected chi connectivity index (χ0v) is 12.8. The zero-order chi connectivity index (χ0) is 15.3. The molecule has 0 saturated carbocycles. The molecule has 22 heavy (non-hydrogen) atoms. The highest BCUT2D eigenvalue weighted by molar-refractivity contribution is 7.71. The number of fused-ring (bicyclic) bond motifs is 2. The molecule has 4 rings (SSSR count). The van der Waals surface area contributed by atoms with E-state index in [1.165, 1.54) is 0 Å². The Bertz CT molecular complexity index is 783. The van der Waals surface area contributed by atoms with E-state index < -0.39 is 6.29 Å². The highest BCUT2D eigenvalue weighted by Crippen LogP contribution is 2.33. The number of hydrogen-bond acceptors (Lipinski definition) is 5. The maximum absolute atomic E-state index is 12.0. The van der Waals surface area contributed by atoms with E-state index in [1.807, 2.05) is 41.9 Å². The van der Waals surface area contributed by atoms with Crippen molar-refractivity contribution in [1.29, 1.82) is 0 Å². The van der Waals surface area contributed by atoms with Gasteiger partial charge in [-0.2, -0.15) is 5.10 Å². The number of ketones is 1. The van der Waals surface area contributed by atoms with Crippen molar-refractivity contribution in [2.75, 3.05) is 6.61 Å². The van der Waals surface area contributed by atoms with Gasteiger partial charge in [0.15, 0.2) is 16.4 Å². The van der Waals surface area contributed by atoms with Gasteiger partial charge in [-0.3, -0.25) is 4.79 Å². The summed E-state index contributed by atoms with van der Waals surface area (Å²) in [6.45, 7) is 0.403. The predicted molar refractivity (Wildman–Crippen MR) is 80.7 cm³/mol. The van der Waals surface area contributed by atoms with E-state index in [0.29, 0.717) is 17.8 Å². The van der Waals surface area contributed by atoms with Gasteiger partial charge in [0.05, 0.1) is 12.6 Å². The van der Waals surface area contributed by atoms with E-state index in [-0.39, 0.29) is 17.9 Å². The van der Waals surface area contributed by atoms with E-state index in [0.717, 1.165) is 11.4 Å². The molecule has 2 fully saturated rings. The van der Waals surface area contributed by atoms with Crippen molar-refractivity contribution < 1.29 is 14.3 Å². The molecule has 6 nitrogen and oxygen atoms in total. The van der Waals surface area contributed by atoms with Crippen molar-refractivity contribution in [3.8, 4) is 11.4 Å². The number of Topliss-reactive ketones (excluding diaryl/α,β-unsaturated/α-hetero) is 1. The second-order valence-electron chi connectivity index (χ2n) is 5.55. The van der Waals surface area contributed by atoms with Crippen molar-refractivity contribution in [2.45, 2.75) is 24.9 Å². The molecule has 7 heteroatoms. The first kappa shape index (κ1) is 13.8. The van der Waals surface area contributed by atoms with Gasteiger partial charge in [0.1, 0.15) is 6.10 Å². The lowest BCUT2D eigenvalue weighted by molar-refractivity contribution is -0.156. The SMILES string of the molecule is Cn1c(-c2ccccc2)nn([C@@H]2CC(=O)[C@H]3OC[C@H]2O3)c1=S. The van der Waals surface area contributed by atoms with E-state index in [9.17, 15) is 4.79 Å². The first-order valence-corrected chi connectivity index (χ1v) is 7.56. The quantitative estimate of drug-likeness (QED) is 0.792. The first-order chi connectivity index (χ1) is 10.6. The summed E-state index contributed by atoms with van der Waals surface area (Å²) in [5, 5.41) is 4.64. The van der Waals surface area contributed by atoms with Crippen LogP contribution in [0.15, 0.2) is 30.3 Å². The molecule has 0 amide bonds. The van der Waals surface area contributed by atoms with Crippen LogP contribution in [-0.2, 0) is 21.3 Å². The molecule has 3 atom stereocenters. The molecule has 3 heterocycles. The predicted octanol–water partition coefficient (Wildman–Crippen LogP) is 1.87. The topological polar surface area (TPSA) is 58.3 Å². The van der Waals surface area contributed by atoms with Gasteiger partial charge in [0.2, 0.25) is 6.29 Å². The number of ether oxygens (including phenoxy) is 2. The molecule has 1 aromatic carbocycles. The summed E-state index contributed by atoms with van der Waals surface area (Å²) in [6.07, 6.45) is -0.532. The molecule has 2 aliphatic heterocycles. The maximum atomic E-state index is 12.0. The maximum Gasteiger partial charge on any atom is 0.218 e. The molecule has 0 radical (unpaired) electrons. The Morgan fingerprint density at radius 3 is 2.86 bits per heavy atom. The second kappa shape index (κ2) is 5.12. The van der Waals surface area contributed by atoms with Crippen molar-refractivity contribution in [1.82, 2.24) is 14.3 Å². The summed E-state index contributed by atoms with van der Waals surface area (Å²) < 4.78 is 15.1. The smallest absolute Gasteiger partial charge is 0.218 e. The number of nitrogens with zero attached hydrogens (tertiary/aromatic N) is 3. The molecule has 0 unspecified atom stereocenters.